The van der Waals surface area contributed by atoms with Gasteiger partial charge in [0.2, 0.25) is 5.91 Å². The molecule has 2 aromatic rings. The molecule has 2 amide bonds. The number of carbonyl (C=O) groups excluding carboxylic acids is 2. The summed E-state index contributed by atoms with van der Waals surface area (Å²) in [6.45, 7) is 3.81. The SMILES string of the molecule is Cc1ccccc1C1CN(C(=O)c2ccc(Cl)cc2)CC1C(=O)NCC1CC1. The molecule has 1 aliphatic heterocycles. The highest BCUT2D eigenvalue weighted by molar-refractivity contribution is 6.30. The molecule has 1 N–H and O–H groups in total. The zero-order chi connectivity index (χ0) is 19.7. The van der Waals surface area contributed by atoms with Crippen LogP contribution in [0.25, 0.3) is 0 Å². The van der Waals surface area contributed by atoms with Crippen molar-refractivity contribution in [3.63, 3.8) is 0 Å². The Morgan fingerprint density at radius 3 is 2.46 bits per heavy atom. The van der Waals surface area contributed by atoms with Crippen molar-refractivity contribution >= 4 is 23.4 Å². The van der Waals surface area contributed by atoms with E-state index in [0.717, 1.165) is 17.7 Å². The lowest BCUT2D eigenvalue weighted by Gasteiger charge is -2.20. The fraction of sp³-hybridized carbons (Fsp3) is 0.391. The van der Waals surface area contributed by atoms with Gasteiger partial charge in [-0.1, -0.05) is 35.9 Å². The molecule has 1 saturated heterocycles. The van der Waals surface area contributed by atoms with Crippen molar-refractivity contribution in [2.75, 3.05) is 19.6 Å². The van der Waals surface area contributed by atoms with Crippen LogP contribution in [0.2, 0.25) is 5.02 Å². The molecule has 0 bridgehead atoms. The van der Waals surface area contributed by atoms with Gasteiger partial charge in [-0.05, 0) is 61.1 Å². The lowest BCUT2D eigenvalue weighted by atomic mass is 9.86. The monoisotopic (exact) mass is 396 g/mol. The maximum Gasteiger partial charge on any atom is 0.253 e. The molecule has 2 aromatic carbocycles. The van der Waals surface area contributed by atoms with E-state index in [1.165, 1.54) is 12.8 Å². The average Bonchev–Trinajstić information content (AvgIpc) is 3.43. The first-order valence-electron chi connectivity index (χ1n) is 9.91. The number of nitrogens with one attached hydrogen (secondary N) is 1. The molecular weight excluding hydrogens is 372 g/mol. The van der Waals surface area contributed by atoms with Crippen molar-refractivity contribution in [3.05, 3.63) is 70.2 Å². The zero-order valence-electron chi connectivity index (χ0n) is 16.0. The van der Waals surface area contributed by atoms with Crippen molar-refractivity contribution in [1.82, 2.24) is 10.2 Å². The van der Waals surface area contributed by atoms with E-state index in [0.29, 0.717) is 29.6 Å². The van der Waals surface area contributed by atoms with Gasteiger partial charge in [0.05, 0.1) is 5.92 Å². The second-order valence-corrected chi connectivity index (χ2v) is 8.41. The molecule has 0 aromatic heterocycles. The molecule has 5 heteroatoms. The summed E-state index contributed by atoms with van der Waals surface area (Å²) in [6.07, 6.45) is 2.40. The van der Waals surface area contributed by atoms with Gasteiger partial charge in [0.1, 0.15) is 0 Å². The Morgan fingerprint density at radius 2 is 1.79 bits per heavy atom. The van der Waals surface area contributed by atoms with E-state index in [1.807, 2.05) is 17.0 Å². The molecule has 1 saturated carbocycles. The number of hydrogen-bond acceptors (Lipinski definition) is 2. The Kier molecular flexibility index (Phi) is 5.40. The molecule has 0 spiro atoms. The van der Waals surface area contributed by atoms with E-state index in [-0.39, 0.29) is 23.7 Å². The fourth-order valence-electron chi connectivity index (χ4n) is 4.03. The molecule has 2 atom stereocenters. The molecule has 4 nitrogen and oxygen atoms in total. The number of likely N-dealkylation sites (tertiary alicyclic amines) is 1. The smallest absolute Gasteiger partial charge is 0.253 e. The van der Waals surface area contributed by atoms with Crippen molar-refractivity contribution < 1.29 is 9.59 Å². The highest BCUT2D eigenvalue weighted by Gasteiger charge is 2.41. The van der Waals surface area contributed by atoms with Crippen LogP contribution in [0, 0.1) is 18.8 Å². The van der Waals surface area contributed by atoms with Crippen LogP contribution in [-0.2, 0) is 4.79 Å². The van der Waals surface area contributed by atoms with E-state index >= 15 is 0 Å². The van der Waals surface area contributed by atoms with Crippen molar-refractivity contribution in [1.29, 1.82) is 0 Å². The summed E-state index contributed by atoms with van der Waals surface area (Å²) < 4.78 is 0. The van der Waals surface area contributed by atoms with Crippen LogP contribution < -0.4 is 5.32 Å². The number of aryl methyl sites for hydroxylation is 1. The number of nitrogens with zero attached hydrogens (tertiary/aromatic N) is 1. The molecule has 2 aliphatic rings. The van der Waals surface area contributed by atoms with Gasteiger partial charge in [-0.15, -0.1) is 0 Å². The van der Waals surface area contributed by atoms with E-state index in [2.05, 4.69) is 24.4 Å². The van der Waals surface area contributed by atoms with Crippen LogP contribution in [0.4, 0.5) is 0 Å². The number of amides is 2. The van der Waals surface area contributed by atoms with E-state index in [9.17, 15) is 9.59 Å². The standard InChI is InChI=1S/C23H25ClN2O2/c1-15-4-2-3-5-19(15)20-13-26(23(28)17-8-10-18(24)11-9-17)14-21(20)22(27)25-12-16-6-7-16/h2-5,8-11,16,20-21H,6-7,12-14H2,1H3,(H,25,27). The predicted octanol–water partition coefficient (Wildman–Crippen LogP) is 4.03. The van der Waals surface area contributed by atoms with Gasteiger partial charge in [-0.25, -0.2) is 0 Å². The third-order valence-electron chi connectivity index (χ3n) is 5.88. The van der Waals surface area contributed by atoms with Gasteiger partial charge < -0.3 is 10.2 Å². The molecule has 4 rings (SSSR count). The zero-order valence-corrected chi connectivity index (χ0v) is 16.8. The van der Waals surface area contributed by atoms with Gasteiger partial charge >= 0.3 is 0 Å². The summed E-state index contributed by atoms with van der Waals surface area (Å²) in [5, 5.41) is 3.72. The Morgan fingerprint density at radius 1 is 1.07 bits per heavy atom. The van der Waals surface area contributed by atoms with Crippen LogP contribution >= 0.6 is 11.6 Å². The highest BCUT2D eigenvalue weighted by Crippen LogP contribution is 2.36. The minimum atomic E-state index is -0.226. The maximum atomic E-state index is 13.0. The summed E-state index contributed by atoms with van der Waals surface area (Å²) in [4.78, 5) is 27.8. The molecule has 28 heavy (non-hydrogen) atoms. The molecular formula is C23H25ClN2O2. The first-order valence-corrected chi connectivity index (χ1v) is 10.3. The Hall–Kier alpha value is -2.33. The predicted molar refractivity (Wildman–Crippen MR) is 110 cm³/mol. The van der Waals surface area contributed by atoms with Crippen LogP contribution in [0.15, 0.2) is 48.5 Å². The number of carbonyl (C=O) groups is 2. The van der Waals surface area contributed by atoms with Gasteiger partial charge in [-0.2, -0.15) is 0 Å². The summed E-state index contributed by atoms with van der Waals surface area (Å²) in [5.41, 5.74) is 2.92. The van der Waals surface area contributed by atoms with Crippen LogP contribution in [0.1, 0.15) is 40.2 Å². The van der Waals surface area contributed by atoms with Crippen molar-refractivity contribution in [2.24, 2.45) is 11.8 Å². The van der Waals surface area contributed by atoms with Gasteiger partial charge in [0.25, 0.3) is 5.91 Å². The molecule has 146 valence electrons. The second kappa shape index (κ2) is 7.96. The second-order valence-electron chi connectivity index (χ2n) is 7.98. The van der Waals surface area contributed by atoms with E-state index in [4.69, 9.17) is 11.6 Å². The largest absolute Gasteiger partial charge is 0.356 e. The first-order chi connectivity index (χ1) is 13.5. The normalized spacial score (nSPS) is 21.6. The summed E-state index contributed by atoms with van der Waals surface area (Å²) in [7, 11) is 0. The quantitative estimate of drug-likeness (QED) is 0.829. The van der Waals surface area contributed by atoms with Gasteiger partial charge in [0.15, 0.2) is 0 Å². The fourth-order valence-corrected chi connectivity index (χ4v) is 4.15. The van der Waals surface area contributed by atoms with Gasteiger partial charge in [0, 0.05) is 36.1 Å². The summed E-state index contributed by atoms with van der Waals surface area (Å²) >= 11 is 5.95. The number of hydrogen-bond donors (Lipinski definition) is 1. The van der Waals surface area contributed by atoms with E-state index in [1.54, 1.807) is 24.3 Å². The van der Waals surface area contributed by atoms with Gasteiger partial charge in [-0.3, -0.25) is 9.59 Å². The van der Waals surface area contributed by atoms with Crippen LogP contribution in [0.5, 0.6) is 0 Å². The summed E-state index contributed by atoms with van der Waals surface area (Å²) in [6, 6.07) is 15.1. The van der Waals surface area contributed by atoms with Crippen LogP contribution in [0.3, 0.4) is 0 Å². The molecule has 2 unspecified atom stereocenters. The lowest BCUT2D eigenvalue weighted by Crippen LogP contribution is -2.36. The maximum absolute atomic E-state index is 13.0. The first kappa shape index (κ1) is 19.0. The highest BCUT2D eigenvalue weighted by atomic mass is 35.5. The average molecular weight is 397 g/mol. The number of halogens is 1. The topological polar surface area (TPSA) is 49.4 Å². The summed E-state index contributed by atoms with van der Waals surface area (Å²) in [5.74, 6) is 0.432. The Balaban J connectivity index is 1.56. The number of rotatable bonds is 5. The third kappa shape index (κ3) is 4.07. The van der Waals surface area contributed by atoms with Crippen molar-refractivity contribution in [3.8, 4) is 0 Å². The molecule has 1 heterocycles. The molecule has 2 fully saturated rings. The van der Waals surface area contributed by atoms with E-state index < -0.39 is 0 Å². The molecule has 0 radical (unpaired) electrons. The minimum Gasteiger partial charge on any atom is -0.356 e. The Bertz CT molecular complexity index is 876. The third-order valence-corrected chi connectivity index (χ3v) is 6.14. The minimum absolute atomic E-state index is 0.0108. The lowest BCUT2D eigenvalue weighted by molar-refractivity contribution is -0.125. The molecule has 1 aliphatic carbocycles. The number of benzene rings is 2. The van der Waals surface area contributed by atoms with Crippen LogP contribution in [-0.4, -0.2) is 36.3 Å². The Labute approximate surface area is 170 Å². The van der Waals surface area contributed by atoms with Crippen molar-refractivity contribution in [2.45, 2.75) is 25.7 Å².